The zero-order valence-corrected chi connectivity index (χ0v) is 17.3. The average molecular weight is 363 g/mol. The Labute approximate surface area is 157 Å². The van der Waals surface area contributed by atoms with Gasteiger partial charge in [-0.2, -0.15) is 0 Å². The minimum Gasteiger partial charge on any atom is -0.369 e. The summed E-state index contributed by atoms with van der Waals surface area (Å²) >= 11 is 0. The number of carbonyl (C=O) groups excluding carboxylic acids is 1. The van der Waals surface area contributed by atoms with E-state index in [2.05, 4.69) is 57.0 Å². The van der Waals surface area contributed by atoms with Crippen molar-refractivity contribution < 1.29 is 9.32 Å². The molecule has 146 valence electrons. The van der Waals surface area contributed by atoms with Gasteiger partial charge in [0.25, 0.3) is 0 Å². The molecule has 1 aromatic rings. The zero-order valence-electron chi connectivity index (χ0n) is 17.3. The monoisotopic (exact) mass is 362 g/mol. The summed E-state index contributed by atoms with van der Waals surface area (Å²) in [5.74, 6) is 0.938. The van der Waals surface area contributed by atoms with Crippen LogP contribution >= 0.6 is 0 Å². The molecule has 0 saturated carbocycles. The third-order valence-electron chi connectivity index (χ3n) is 5.65. The summed E-state index contributed by atoms with van der Waals surface area (Å²) in [7, 11) is 0. The van der Waals surface area contributed by atoms with Gasteiger partial charge in [0.05, 0.1) is 23.1 Å². The fourth-order valence-corrected chi connectivity index (χ4v) is 3.09. The van der Waals surface area contributed by atoms with Gasteiger partial charge in [-0.05, 0) is 53.4 Å². The molecule has 0 aliphatic carbocycles. The number of aryl methyl sites for hydroxylation is 1. The van der Waals surface area contributed by atoms with Crippen LogP contribution in [0.25, 0.3) is 0 Å². The van der Waals surface area contributed by atoms with E-state index in [1.54, 1.807) is 6.34 Å². The molecule has 3 rings (SSSR count). The lowest BCUT2D eigenvalue weighted by Crippen LogP contribution is -2.48. The van der Waals surface area contributed by atoms with E-state index in [0.717, 1.165) is 31.6 Å². The molecular formula is C20H34N4O2. The van der Waals surface area contributed by atoms with Gasteiger partial charge in [-0.15, -0.1) is 0 Å². The third-order valence-corrected chi connectivity index (χ3v) is 5.65. The highest BCUT2D eigenvalue weighted by Gasteiger charge is 2.39. The topological polar surface area (TPSA) is 70.7 Å². The number of amides is 1. The summed E-state index contributed by atoms with van der Waals surface area (Å²) in [6, 6.07) is 1.87. The summed E-state index contributed by atoms with van der Waals surface area (Å²) in [4.78, 5) is 18.7. The number of nitrogens with zero attached hydrogens (tertiary/aromatic N) is 3. The molecule has 0 aromatic carbocycles. The maximum absolute atomic E-state index is 12.4. The zero-order chi connectivity index (χ0) is 19.5. The van der Waals surface area contributed by atoms with E-state index in [0.29, 0.717) is 5.76 Å². The Morgan fingerprint density at radius 1 is 1.23 bits per heavy atom. The summed E-state index contributed by atoms with van der Waals surface area (Å²) in [5.41, 5.74) is 1.000. The van der Waals surface area contributed by atoms with Crippen LogP contribution < -0.4 is 5.32 Å². The number of aromatic nitrogens is 1. The molecular weight excluding hydrogens is 328 g/mol. The van der Waals surface area contributed by atoms with Crippen molar-refractivity contribution in [3.63, 3.8) is 0 Å². The van der Waals surface area contributed by atoms with E-state index in [1.165, 1.54) is 0 Å². The average Bonchev–Trinajstić information content (AvgIpc) is 3.23. The molecule has 3 heterocycles. The normalized spacial score (nSPS) is 21.3. The molecule has 1 fully saturated rings. The molecule has 0 radical (unpaired) electrons. The van der Waals surface area contributed by atoms with E-state index in [9.17, 15) is 4.79 Å². The second-order valence-electron chi connectivity index (χ2n) is 8.71. The maximum atomic E-state index is 12.4. The van der Waals surface area contributed by atoms with Crippen molar-refractivity contribution in [1.29, 1.82) is 0 Å². The Hall–Kier alpha value is -1.85. The molecule has 1 atom stereocenters. The summed E-state index contributed by atoms with van der Waals surface area (Å²) in [5, 5.41) is 7.08. The molecule has 2 aliphatic rings. The number of carbonyl (C=O) groups is 1. The molecule has 1 amide bonds. The minimum atomic E-state index is -0.186. The highest BCUT2D eigenvalue weighted by atomic mass is 16.5. The van der Waals surface area contributed by atoms with Gasteiger partial charge in [0.1, 0.15) is 11.7 Å². The molecule has 26 heavy (non-hydrogen) atoms. The summed E-state index contributed by atoms with van der Waals surface area (Å²) in [6.45, 7) is 16.3. The van der Waals surface area contributed by atoms with Crippen LogP contribution in [-0.4, -0.2) is 46.5 Å². The number of hydrogen-bond acceptors (Lipinski definition) is 5. The first kappa shape index (κ1) is 20.5. The molecule has 0 bridgehead atoms. The second kappa shape index (κ2) is 7.80. The lowest BCUT2D eigenvalue weighted by Gasteiger charge is -2.32. The third kappa shape index (κ3) is 4.46. The van der Waals surface area contributed by atoms with Crippen molar-refractivity contribution in [2.45, 2.75) is 78.3 Å². The van der Waals surface area contributed by atoms with Crippen LogP contribution in [-0.2, 0) is 4.79 Å². The summed E-state index contributed by atoms with van der Waals surface area (Å²) < 4.78 is 5.27. The smallest absolute Gasteiger partial charge is 0.233 e. The van der Waals surface area contributed by atoms with Crippen LogP contribution in [0.15, 0.2) is 15.6 Å². The highest BCUT2D eigenvalue weighted by Crippen LogP contribution is 2.29. The van der Waals surface area contributed by atoms with Crippen LogP contribution in [0.3, 0.4) is 0 Å². The van der Waals surface area contributed by atoms with Crippen LogP contribution in [0.1, 0.15) is 71.8 Å². The second-order valence-corrected chi connectivity index (χ2v) is 8.71. The van der Waals surface area contributed by atoms with Crippen molar-refractivity contribution in [3.8, 4) is 0 Å². The number of nitrogens with one attached hydrogen (secondary N) is 1. The maximum Gasteiger partial charge on any atom is 0.233 e. The Bertz CT molecular complexity index is 640. The lowest BCUT2D eigenvalue weighted by molar-refractivity contribution is -0.133. The first-order chi connectivity index (χ1) is 12.0. The van der Waals surface area contributed by atoms with E-state index in [-0.39, 0.29) is 28.8 Å². The Balaban J connectivity index is 0.000000228. The van der Waals surface area contributed by atoms with E-state index < -0.39 is 0 Å². The van der Waals surface area contributed by atoms with Crippen LogP contribution in [0.4, 0.5) is 0 Å². The van der Waals surface area contributed by atoms with Gasteiger partial charge in [-0.1, -0.05) is 19.0 Å². The first-order valence-corrected chi connectivity index (χ1v) is 9.58. The Morgan fingerprint density at radius 3 is 2.19 bits per heavy atom. The fourth-order valence-electron chi connectivity index (χ4n) is 3.09. The fraction of sp³-hybridized carbons (Fsp3) is 0.750. The van der Waals surface area contributed by atoms with Gasteiger partial charge < -0.3 is 14.7 Å². The standard InChI is InChI=1S/C13H20N2O2.C7H14N2/c1-9(2)12(11-8-10(3)14-17-11)13(16)15-6-4-5-7-15;1-6(2)7(3,4)9-5-8-6/h8-9,12H,4-7H2,1-3H3;5H,1-4H3,(H,8,9). The van der Waals surface area contributed by atoms with Crippen molar-refractivity contribution in [2.24, 2.45) is 10.9 Å². The number of hydrogen-bond donors (Lipinski definition) is 1. The number of rotatable bonds is 3. The predicted molar refractivity (Wildman–Crippen MR) is 104 cm³/mol. The molecule has 0 spiro atoms. The van der Waals surface area contributed by atoms with Gasteiger partial charge >= 0.3 is 0 Å². The quantitative estimate of drug-likeness (QED) is 0.893. The number of likely N-dealkylation sites (tertiary alicyclic amines) is 1. The van der Waals surface area contributed by atoms with Crippen LogP contribution in [0.5, 0.6) is 0 Å². The van der Waals surface area contributed by atoms with Crippen molar-refractivity contribution in [2.75, 3.05) is 13.1 Å². The molecule has 1 aromatic heterocycles. The van der Waals surface area contributed by atoms with E-state index in [4.69, 9.17) is 4.52 Å². The Kier molecular flexibility index (Phi) is 6.14. The molecule has 1 N–H and O–H groups in total. The van der Waals surface area contributed by atoms with Gasteiger partial charge in [0.2, 0.25) is 5.91 Å². The molecule has 6 heteroatoms. The molecule has 6 nitrogen and oxygen atoms in total. The van der Waals surface area contributed by atoms with Gasteiger partial charge in [0.15, 0.2) is 0 Å². The van der Waals surface area contributed by atoms with Crippen LogP contribution in [0, 0.1) is 12.8 Å². The highest BCUT2D eigenvalue weighted by molar-refractivity contribution is 5.83. The molecule has 2 aliphatic heterocycles. The largest absolute Gasteiger partial charge is 0.369 e. The van der Waals surface area contributed by atoms with Crippen LogP contribution in [0.2, 0.25) is 0 Å². The predicted octanol–water partition coefficient (Wildman–Crippen LogP) is 3.52. The van der Waals surface area contributed by atoms with Gasteiger partial charge in [-0.25, -0.2) is 0 Å². The van der Waals surface area contributed by atoms with Crippen molar-refractivity contribution in [1.82, 2.24) is 15.4 Å². The van der Waals surface area contributed by atoms with Gasteiger partial charge in [-0.3, -0.25) is 9.79 Å². The molecule has 1 saturated heterocycles. The SMILES string of the molecule is CC1(C)N=CNC1(C)C.Cc1cc(C(C(=O)N2CCCC2)C(C)C)on1. The lowest BCUT2D eigenvalue weighted by atomic mass is 9.85. The Morgan fingerprint density at radius 2 is 1.85 bits per heavy atom. The van der Waals surface area contributed by atoms with Crippen molar-refractivity contribution >= 4 is 12.2 Å². The number of aliphatic imine (C=N–C) groups is 1. The summed E-state index contributed by atoms with van der Waals surface area (Å²) in [6.07, 6.45) is 4.03. The molecule has 1 unspecified atom stereocenters. The van der Waals surface area contributed by atoms with Gasteiger partial charge in [0, 0.05) is 19.2 Å². The van der Waals surface area contributed by atoms with Crippen molar-refractivity contribution in [3.05, 3.63) is 17.5 Å². The minimum absolute atomic E-state index is 0.0486. The van der Waals surface area contributed by atoms with E-state index >= 15 is 0 Å². The van der Waals surface area contributed by atoms with E-state index in [1.807, 2.05) is 17.9 Å². The first-order valence-electron chi connectivity index (χ1n) is 9.58.